The van der Waals surface area contributed by atoms with Crippen LogP contribution in [0.15, 0.2) is 24.3 Å². The van der Waals surface area contributed by atoms with Crippen molar-refractivity contribution < 1.29 is 9.59 Å². The quantitative estimate of drug-likeness (QED) is 0.563. The second-order valence-electron chi connectivity index (χ2n) is 4.85. The third-order valence-electron chi connectivity index (χ3n) is 3.06. The lowest BCUT2D eigenvalue weighted by Crippen LogP contribution is -2.11. The van der Waals surface area contributed by atoms with Crippen molar-refractivity contribution in [2.75, 3.05) is 5.32 Å². The van der Waals surface area contributed by atoms with E-state index < -0.39 is 0 Å². The number of carbonyl (C=O) groups excluding carboxylic acids is 2. The minimum Gasteiger partial charge on any atom is -0.326 e. The van der Waals surface area contributed by atoms with Crippen molar-refractivity contribution in [1.82, 2.24) is 0 Å². The van der Waals surface area contributed by atoms with E-state index in [0.717, 1.165) is 12.8 Å². The molecule has 0 saturated heterocycles. The van der Waals surface area contributed by atoms with Gasteiger partial charge in [-0.25, -0.2) is 0 Å². The van der Waals surface area contributed by atoms with Gasteiger partial charge in [0.15, 0.2) is 5.78 Å². The van der Waals surface area contributed by atoms with Crippen LogP contribution < -0.4 is 5.32 Å². The molecule has 0 fully saturated rings. The second kappa shape index (κ2) is 8.46. The van der Waals surface area contributed by atoms with Crippen molar-refractivity contribution in [1.29, 1.82) is 0 Å². The van der Waals surface area contributed by atoms with Gasteiger partial charge in [-0.05, 0) is 25.5 Å². The lowest BCUT2D eigenvalue weighted by atomic mass is 10.1. The Morgan fingerprint density at radius 1 is 1.11 bits per heavy atom. The van der Waals surface area contributed by atoms with Gasteiger partial charge in [-0.1, -0.05) is 44.7 Å². The average Bonchev–Trinajstić information content (AvgIpc) is 2.38. The number of rotatable bonds is 8. The summed E-state index contributed by atoms with van der Waals surface area (Å²) in [7, 11) is 0. The van der Waals surface area contributed by atoms with E-state index >= 15 is 0 Å². The normalized spacial score (nSPS) is 10.2. The van der Waals surface area contributed by atoms with E-state index in [4.69, 9.17) is 0 Å². The van der Waals surface area contributed by atoms with E-state index in [9.17, 15) is 9.59 Å². The molecular weight excluding hydrogens is 238 g/mol. The van der Waals surface area contributed by atoms with Gasteiger partial charge in [-0.15, -0.1) is 0 Å². The van der Waals surface area contributed by atoms with Crippen LogP contribution in [0.5, 0.6) is 0 Å². The van der Waals surface area contributed by atoms with Gasteiger partial charge < -0.3 is 5.32 Å². The maximum absolute atomic E-state index is 11.7. The Kier molecular flexibility index (Phi) is 6.86. The molecular formula is C16H23NO2. The molecule has 1 N–H and O–H groups in total. The van der Waals surface area contributed by atoms with Crippen LogP contribution in [0, 0.1) is 0 Å². The molecule has 0 unspecified atom stereocenters. The van der Waals surface area contributed by atoms with Crippen LogP contribution in [0.2, 0.25) is 0 Å². The van der Waals surface area contributed by atoms with E-state index in [1.807, 2.05) is 0 Å². The zero-order valence-corrected chi connectivity index (χ0v) is 11.9. The molecule has 1 rings (SSSR count). The fourth-order valence-electron chi connectivity index (χ4n) is 1.93. The summed E-state index contributed by atoms with van der Waals surface area (Å²) in [4.78, 5) is 23.0. The van der Waals surface area contributed by atoms with Gasteiger partial charge in [0.2, 0.25) is 5.91 Å². The molecule has 3 heteroatoms. The molecule has 0 radical (unpaired) electrons. The highest BCUT2D eigenvalue weighted by Gasteiger charge is 2.04. The van der Waals surface area contributed by atoms with Gasteiger partial charge in [-0.3, -0.25) is 9.59 Å². The minimum atomic E-state index is 0.00987. The molecule has 3 nitrogen and oxygen atoms in total. The molecule has 1 aromatic rings. The maximum Gasteiger partial charge on any atom is 0.224 e. The van der Waals surface area contributed by atoms with E-state index in [0.29, 0.717) is 17.7 Å². The molecule has 1 aromatic carbocycles. The molecule has 0 bridgehead atoms. The molecule has 19 heavy (non-hydrogen) atoms. The predicted octanol–water partition coefficient (Wildman–Crippen LogP) is 4.19. The highest BCUT2D eigenvalue weighted by atomic mass is 16.1. The largest absolute Gasteiger partial charge is 0.326 e. The monoisotopic (exact) mass is 261 g/mol. The Hall–Kier alpha value is -1.64. The van der Waals surface area contributed by atoms with Crippen molar-refractivity contribution in [3.05, 3.63) is 29.8 Å². The van der Waals surface area contributed by atoms with Crippen LogP contribution in [0.3, 0.4) is 0 Å². The number of anilines is 1. The van der Waals surface area contributed by atoms with Gasteiger partial charge in [0, 0.05) is 17.7 Å². The molecule has 0 atom stereocenters. The molecule has 1 amide bonds. The van der Waals surface area contributed by atoms with Crippen molar-refractivity contribution in [2.24, 2.45) is 0 Å². The topological polar surface area (TPSA) is 46.2 Å². The third-order valence-corrected chi connectivity index (χ3v) is 3.06. The van der Waals surface area contributed by atoms with Crippen molar-refractivity contribution in [3.63, 3.8) is 0 Å². The van der Waals surface area contributed by atoms with E-state index in [2.05, 4.69) is 12.2 Å². The molecule has 0 saturated carbocycles. The fourth-order valence-corrected chi connectivity index (χ4v) is 1.93. The summed E-state index contributed by atoms with van der Waals surface area (Å²) in [6.45, 7) is 3.70. The standard InChI is InChI=1S/C16H23NO2/c1-3-4-5-6-7-11-16(19)17-15-10-8-9-14(12-15)13(2)18/h8-10,12H,3-7,11H2,1-2H3,(H,17,19). The van der Waals surface area contributed by atoms with Gasteiger partial charge in [0.25, 0.3) is 0 Å². The summed E-state index contributed by atoms with van der Waals surface area (Å²) in [6.07, 6.45) is 6.23. The Morgan fingerprint density at radius 2 is 1.84 bits per heavy atom. The molecule has 0 heterocycles. The van der Waals surface area contributed by atoms with Gasteiger partial charge >= 0.3 is 0 Å². The second-order valence-corrected chi connectivity index (χ2v) is 4.85. The Morgan fingerprint density at radius 3 is 2.53 bits per heavy atom. The van der Waals surface area contributed by atoms with Gasteiger partial charge in [0.1, 0.15) is 0 Å². The Balaban J connectivity index is 2.35. The lowest BCUT2D eigenvalue weighted by molar-refractivity contribution is -0.116. The SMILES string of the molecule is CCCCCCCC(=O)Nc1cccc(C(C)=O)c1. The smallest absolute Gasteiger partial charge is 0.224 e. The maximum atomic E-state index is 11.7. The number of amides is 1. The number of ketones is 1. The van der Waals surface area contributed by atoms with Crippen LogP contribution in [0.4, 0.5) is 5.69 Å². The Labute approximate surface area is 115 Å². The zero-order valence-electron chi connectivity index (χ0n) is 11.9. The van der Waals surface area contributed by atoms with Gasteiger partial charge in [-0.2, -0.15) is 0 Å². The molecule has 0 aromatic heterocycles. The zero-order chi connectivity index (χ0) is 14.1. The first-order valence-electron chi connectivity index (χ1n) is 7.04. The number of nitrogens with one attached hydrogen (secondary N) is 1. The molecule has 0 spiro atoms. The number of unbranched alkanes of at least 4 members (excludes halogenated alkanes) is 4. The van der Waals surface area contributed by atoms with Crippen LogP contribution in [-0.2, 0) is 4.79 Å². The lowest BCUT2D eigenvalue weighted by Gasteiger charge is -2.06. The number of carbonyl (C=O) groups is 2. The van der Waals surface area contributed by atoms with Gasteiger partial charge in [0.05, 0.1) is 0 Å². The van der Waals surface area contributed by atoms with Crippen LogP contribution in [-0.4, -0.2) is 11.7 Å². The predicted molar refractivity (Wildman–Crippen MR) is 78.5 cm³/mol. The highest BCUT2D eigenvalue weighted by molar-refractivity contribution is 5.97. The van der Waals surface area contributed by atoms with Crippen molar-refractivity contribution in [3.8, 4) is 0 Å². The van der Waals surface area contributed by atoms with E-state index in [-0.39, 0.29) is 11.7 Å². The van der Waals surface area contributed by atoms with Crippen LogP contribution in [0.25, 0.3) is 0 Å². The van der Waals surface area contributed by atoms with E-state index in [1.54, 1.807) is 24.3 Å². The minimum absolute atomic E-state index is 0.00987. The van der Waals surface area contributed by atoms with Crippen molar-refractivity contribution in [2.45, 2.75) is 52.4 Å². The fraction of sp³-hybridized carbons (Fsp3) is 0.500. The molecule has 104 valence electrons. The number of hydrogen-bond acceptors (Lipinski definition) is 2. The summed E-state index contributed by atoms with van der Waals surface area (Å²) < 4.78 is 0. The van der Waals surface area contributed by atoms with Crippen molar-refractivity contribution >= 4 is 17.4 Å². The molecule has 0 aliphatic rings. The number of Topliss-reactive ketones (excluding diaryl/α,β-unsaturated/α-hetero) is 1. The van der Waals surface area contributed by atoms with E-state index in [1.165, 1.54) is 26.2 Å². The average molecular weight is 261 g/mol. The first-order valence-corrected chi connectivity index (χ1v) is 7.04. The summed E-state index contributed by atoms with van der Waals surface area (Å²) >= 11 is 0. The first-order chi connectivity index (χ1) is 9.13. The first kappa shape index (κ1) is 15.4. The van der Waals surface area contributed by atoms with Crippen LogP contribution >= 0.6 is 0 Å². The third kappa shape index (κ3) is 6.18. The molecule has 0 aliphatic heterocycles. The molecule has 0 aliphatic carbocycles. The highest BCUT2D eigenvalue weighted by Crippen LogP contribution is 2.12. The van der Waals surface area contributed by atoms with Crippen LogP contribution in [0.1, 0.15) is 62.7 Å². The summed E-state index contributed by atoms with van der Waals surface area (Å²) in [5.41, 5.74) is 1.33. The Bertz CT molecular complexity index is 427. The number of benzene rings is 1. The number of hydrogen-bond donors (Lipinski definition) is 1. The summed E-state index contributed by atoms with van der Waals surface area (Å²) in [6, 6.07) is 7.06. The summed E-state index contributed by atoms with van der Waals surface area (Å²) in [5, 5.41) is 2.84. The summed E-state index contributed by atoms with van der Waals surface area (Å²) in [5.74, 6) is 0.0351.